The molecule has 0 spiro atoms. The van der Waals surface area contributed by atoms with Gasteiger partial charge in [0.2, 0.25) is 0 Å². The first-order chi connectivity index (χ1) is 8.03. The SMILES string of the molecule is CC(c1cscn1)N1CCCC(C)(C(=O)O)C1. The van der Waals surface area contributed by atoms with E-state index in [1.165, 1.54) is 0 Å². The van der Waals surface area contributed by atoms with Gasteiger partial charge in [-0.15, -0.1) is 11.3 Å². The maximum Gasteiger partial charge on any atom is 0.310 e. The summed E-state index contributed by atoms with van der Waals surface area (Å²) in [6.07, 6.45) is 1.71. The second kappa shape index (κ2) is 4.74. The van der Waals surface area contributed by atoms with E-state index in [4.69, 9.17) is 0 Å². The van der Waals surface area contributed by atoms with Crippen LogP contribution in [0.4, 0.5) is 0 Å². The molecule has 1 aliphatic rings. The molecule has 4 nitrogen and oxygen atoms in total. The molecule has 1 N–H and O–H groups in total. The van der Waals surface area contributed by atoms with Crippen LogP contribution in [0.2, 0.25) is 0 Å². The van der Waals surface area contributed by atoms with E-state index in [0.29, 0.717) is 6.54 Å². The molecule has 0 saturated carbocycles. The lowest BCUT2D eigenvalue weighted by atomic mass is 9.81. The fraction of sp³-hybridized carbons (Fsp3) is 0.667. The van der Waals surface area contributed by atoms with Gasteiger partial charge < -0.3 is 5.11 Å². The zero-order valence-electron chi connectivity index (χ0n) is 10.2. The Morgan fingerprint density at radius 2 is 2.47 bits per heavy atom. The van der Waals surface area contributed by atoms with Gasteiger partial charge in [0, 0.05) is 11.9 Å². The van der Waals surface area contributed by atoms with Gasteiger partial charge in [0.1, 0.15) is 0 Å². The number of nitrogens with zero attached hydrogens (tertiary/aromatic N) is 2. The summed E-state index contributed by atoms with van der Waals surface area (Å²) in [5.41, 5.74) is 2.26. The van der Waals surface area contributed by atoms with Crippen molar-refractivity contribution >= 4 is 17.3 Å². The molecule has 1 fully saturated rings. The quantitative estimate of drug-likeness (QED) is 0.900. The number of carbonyl (C=O) groups is 1. The van der Waals surface area contributed by atoms with Crippen molar-refractivity contribution in [1.29, 1.82) is 0 Å². The molecule has 0 amide bonds. The Morgan fingerprint density at radius 3 is 3.06 bits per heavy atom. The average molecular weight is 254 g/mol. The molecular weight excluding hydrogens is 236 g/mol. The van der Waals surface area contributed by atoms with Crippen molar-refractivity contribution in [3.8, 4) is 0 Å². The zero-order chi connectivity index (χ0) is 12.5. The van der Waals surface area contributed by atoms with Crippen molar-refractivity contribution in [2.75, 3.05) is 13.1 Å². The van der Waals surface area contributed by atoms with E-state index < -0.39 is 11.4 Å². The molecule has 0 radical (unpaired) electrons. The molecule has 1 aromatic heterocycles. The van der Waals surface area contributed by atoms with E-state index in [1.54, 1.807) is 11.3 Å². The highest BCUT2D eigenvalue weighted by molar-refractivity contribution is 7.07. The Hall–Kier alpha value is -0.940. The largest absolute Gasteiger partial charge is 0.481 e. The zero-order valence-corrected chi connectivity index (χ0v) is 11.0. The molecule has 0 bridgehead atoms. The molecule has 0 aromatic carbocycles. The number of rotatable bonds is 3. The van der Waals surface area contributed by atoms with Gasteiger partial charge in [-0.3, -0.25) is 9.69 Å². The Bertz CT molecular complexity index is 393. The fourth-order valence-corrected chi connectivity index (χ4v) is 3.04. The Labute approximate surface area is 105 Å². The molecule has 17 heavy (non-hydrogen) atoms. The Kier molecular flexibility index (Phi) is 3.49. The van der Waals surface area contributed by atoms with Gasteiger partial charge in [0.15, 0.2) is 0 Å². The number of thiazole rings is 1. The van der Waals surface area contributed by atoms with E-state index in [0.717, 1.165) is 25.1 Å². The first kappa shape index (κ1) is 12.5. The second-order valence-electron chi connectivity index (χ2n) is 5.03. The molecule has 1 saturated heterocycles. The minimum absolute atomic E-state index is 0.209. The number of carboxylic acid groups (broad SMARTS) is 1. The molecule has 1 aromatic rings. The van der Waals surface area contributed by atoms with Gasteiger partial charge in [0.25, 0.3) is 0 Å². The predicted molar refractivity (Wildman–Crippen MR) is 67.1 cm³/mol. The highest BCUT2D eigenvalue weighted by atomic mass is 32.1. The number of aliphatic carboxylic acids is 1. The smallest absolute Gasteiger partial charge is 0.310 e. The second-order valence-corrected chi connectivity index (χ2v) is 5.75. The molecular formula is C12H18N2O2S. The van der Waals surface area contributed by atoms with E-state index in [-0.39, 0.29) is 6.04 Å². The highest BCUT2D eigenvalue weighted by Crippen LogP contribution is 2.34. The molecule has 5 heteroatoms. The van der Waals surface area contributed by atoms with Crippen LogP contribution in [0.15, 0.2) is 10.9 Å². The van der Waals surface area contributed by atoms with Crippen molar-refractivity contribution in [2.45, 2.75) is 32.7 Å². The Morgan fingerprint density at radius 1 is 1.71 bits per heavy atom. The minimum Gasteiger partial charge on any atom is -0.481 e. The van der Waals surface area contributed by atoms with Gasteiger partial charge >= 0.3 is 5.97 Å². The number of aromatic nitrogens is 1. The number of hydrogen-bond acceptors (Lipinski definition) is 4. The van der Waals surface area contributed by atoms with Gasteiger partial charge in [-0.05, 0) is 33.2 Å². The minimum atomic E-state index is -0.687. The van der Waals surface area contributed by atoms with E-state index in [2.05, 4.69) is 16.8 Å². The highest BCUT2D eigenvalue weighted by Gasteiger charge is 2.39. The Balaban J connectivity index is 2.10. The summed E-state index contributed by atoms with van der Waals surface area (Å²) < 4.78 is 0. The van der Waals surface area contributed by atoms with Gasteiger partial charge in [-0.25, -0.2) is 4.98 Å². The summed E-state index contributed by atoms with van der Waals surface area (Å²) in [4.78, 5) is 17.8. The molecule has 2 heterocycles. The van der Waals surface area contributed by atoms with E-state index in [1.807, 2.05) is 17.8 Å². The summed E-state index contributed by atoms with van der Waals surface area (Å²) in [6.45, 7) is 5.51. The summed E-state index contributed by atoms with van der Waals surface area (Å²) in [6, 6.07) is 0.209. The summed E-state index contributed by atoms with van der Waals surface area (Å²) in [5, 5.41) is 11.3. The maximum absolute atomic E-state index is 11.3. The molecule has 2 atom stereocenters. The summed E-state index contributed by atoms with van der Waals surface area (Å²) >= 11 is 1.58. The molecule has 1 aliphatic heterocycles. The van der Waals surface area contributed by atoms with Crippen LogP contribution >= 0.6 is 11.3 Å². The van der Waals surface area contributed by atoms with Crippen molar-refractivity contribution in [2.24, 2.45) is 5.41 Å². The van der Waals surface area contributed by atoms with Crippen molar-refractivity contribution in [3.05, 3.63) is 16.6 Å². The number of piperidine rings is 1. The van der Waals surface area contributed by atoms with E-state index in [9.17, 15) is 9.90 Å². The third-order valence-electron chi connectivity index (χ3n) is 3.67. The van der Waals surface area contributed by atoms with Crippen molar-refractivity contribution in [3.63, 3.8) is 0 Å². The van der Waals surface area contributed by atoms with Crippen LogP contribution in [0, 0.1) is 5.41 Å². The molecule has 0 aliphatic carbocycles. The first-order valence-corrected chi connectivity index (χ1v) is 6.83. The lowest BCUT2D eigenvalue weighted by Crippen LogP contribution is -2.46. The van der Waals surface area contributed by atoms with Crippen LogP contribution in [-0.2, 0) is 4.79 Å². The third kappa shape index (κ3) is 2.50. The summed E-state index contributed by atoms with van der Waals surface area (Å²) in [7, 11) is 0. The normalized spacial score (nSPS) is 27.9. The molecule has 2 rings (SSSR count). The number of likely N-dealkylation sites (tertiary alicyclic amines) is 1. The first-order valence-electron chi connectivity index (χ1n) is 5.88. The van der Waals surface area contributed by atoms with Gasteiger partial charge in [-0.1, -0.05) is 0 Å². The maximum atomic E-state index is 11.3. The molecule has 94 valence electrons. The standard InChI is InChI=1S/C12H18N2O2S/c1-9(10-6-17-8-13-10)14-5-3-4-12(2,7-14)11(15)16/h6,8-9H,3-5,7H2,1-2H3,(H,15,16). The van der Waals surface area contributed by atoms with Gasteiger partial charge in [-0.2, -0.15) is 0 Å². The fourth-order valence-electron chi connectivity index (χ4n) is 2.40. The van der Waals surface area contributed by atoms with Crippen LogP contribution in [0.1, 0.15) is 38.4 Å². The predicted octanol–water partition coefficient (Wildman–Crippen LogP) is 2.39. The van der Waals surface area contributed by atoms with E-state index >= 15 is 0 Å². The average Bonchev–Trinajstić information content (AvgIpc) is 2.81. The molecule has 2 unspecified atom stereocenters. The van der Waals surface area contributed by atoms with Crippen LogP contribution in [-0.4, -0.2) is 34.0 Å². The van der Waals surface area contributed by atoms with Crippen molar-refractivity contribution in [1.82, 2.24) is 9.88 Å². The topological polar surface area (TPSA) is 53.4 Å². The van der Waals surface area contributed by atoms with Crippen LogP contribution < -0.4 is 0 Å². The van der Waals surface area contributed by atoms with Crippen LogP contribution in [0.3, 0.4) is 0 Å². The summed E-state index contributed by atoms with van der Waals surface area (Å²) in [5.74, 6) is -0.687. The van der Waals surface area contributed by atoms with Gasteiger partial charge in [0.05, 0.1) is 22.7 Å². The van der Waals surface area contributed by atoms with Crippen LogP contribution in [0.5, 0.6) is 0 Å². The van der Waals surface area contributed by atoms with Crippen LogP contribution in [0.25, 0.3) is 0 Å². The lowest BCUT2D eigenvalue weighted by Gasteiger charge is -2.40. The lowest BCUT2D eigenvalue weighted by molar-refractivity contribution is -0.151. The van der Waals surface area contributed by atoms with Crippen molar-refractivity contribution < 1.29 is 9.90 Å². The monoisotopic (exact) mass is 254 g/mol. The number of hydrogen-bond donors (Lipinski definition) is 1. The number of carboxylic acids is 1. The third-order valence-corrected chi connectivity index (χ3v) is 4.27.